The molecule has 6 nitrogen and oxygen atoms in total. The van der Waals surface area contributed by atoms with Gasteiger partial charge in [-0.15, -0.1) is 0 Å². The highest BCUT2D eigenvalue weighted by atomic mass is 35.5. The number of aromatic nitrogens is 3. The van der Waals surface area contributed by atoms with Gasteiger partial charge in [0.25, 0.3) is 5.56 Å². The maximum atomic E-state index is 12.7. The van der Waals surface area contributed by atoms with E-state index < -0.39 is 11.7 Å². The molecule has 0 atom stereocenters. The van der Waals surface area contributed by atoms with Crippen molar-refractivity contribution in [3.05, 3.63) is 81.4 Å². The van der Waals surface area contributed by atoms with Crippen molar-refractivity contribution in [1.82, 2.24) is 14.8 Å². The first-order chi connectivity index (χ1) is 14.8. The summed E-state index contributed by atoms with van der Waals surface area (Å²) in [6.45, 7) is 2.45. The van der Waals surface area contributed by atoms with Gasteiger partial charge >= 0.3 is 6.18 Å². The van der Waals surface area contributed by atoms with E-state index in [1.807, 2.05) is 40.1 Å². The molecule has 3 heterocycles. The second-order valence-corrected chi connectivity index (χ2v) is 7.55. The number of alkyl halides is 3. The summed E-state index contributed by atoms with van der Waals surface area (Å²) in [5.41, 5.74) is 0.355. The fourth-order valence-corrected chi connectivity index (χ4v) is 3.73. The third-order valence-electron chi connectivity index (χ3n) is 5.16. The van der Waals surface area contributed by atoms with Gasteiger partial charge in [0.1, 0.15) is 10.8 Å². The second kappa shape index (κ2) is 8.58. The van der Waals surface area contributed by atoms with Crippen molar-refractivity contribution in [2.75, 3.05) is 36.0 Å². The Kier molecular flexibility index (Phi) is 5.86. The Morgan fingerprint density at radius 2 is 1.61 bits per heavy atom. The lowest BCUT2D eigenvalue weighted by molar-refractivity contribution is -0.137. The molecular formula is C21H19ClF3N5O. The summed E-state index contributed by atoms with van der Waals surface area (Å²) in [6, 6.07) is 11.9. The highest BCUT2D eigenvalue weighted by Gasteiger charge is 2.31. The molecule has 162 valence electrons. The molecule has 0 N–H and O–H groups in total. The highest BCUT2D eigenvalue weighted by molar-refractivity contribution is 6.33. The molecule has 1 aliphatic heterocycles. The van der Waals surface area contributed by atoms with E-state index >= 15 is 0 Å². The van der Waals surface area contributed by atoms with Gasteiger partial charge in [-0.25, -0.2) is 9.67 Å². The number of hydrogen-bond acceptors (Lipinski definition) is 5. The summed E-state index contributed by atoms with van der Waals surface area (Å²) >= 11 is 6.36. The Labute approximate surface area is 181 Å². The summed E-state index contributed by atoms with van der Waals surface area (Å²) < 4.78 is 39.5. The van der Waals surface area contributed by atoms with E-state index in [4.69, 9.17) is 11.6 Å². The molecule has 0 unspecified atom stereocenters. The minimum absolute atomic E-state index is 0.104. The van der Waals surface area contributed by atoms with Gasteiger partial charge < -0.3 is 9.80 Å². The Bertz CT molecular complexity index is 1090. The van der Waals surface area contributed by atoms with Gasteiger partial charge in [-0.2, -0.15) is 18.3 Å². The van der Waals surface area contributed by atoms with Crippen molar-refractivity contribution >= 4 is 23.1 Å². The van der Waals surface area contributed by atoms with Crippen LogP contribution in [0.15, 0.2) is 59.7 Å². The van der Waals surface area contributed by atoms with Gasteiger partial charge in [0.05, 0.1) is 24.0 Å². The van der Waals surface area contributed by atoms with Crippen molar-refractivity contribution in [3.63, 3.8) is 0 Å². The first-order valence-corrected chi connectivity index (χ1v) is 10.0. The first-order valence-electron chi connectivity index (χ1n) is 9.65. The van der Waals surface area contributed by atoms with Crippen LogP contribution in [0.25, 0.3) is 0 Å². The van der Waals surface area contributed by atoms with E-state index in [2.05, 4.69) is 10.1 Å². The normalized spacial score (nSPS) is 14.7. The Hall–Kier alpha value is -3.07. The summed E-state index contributed by atoms with van der Waals surface area (Å²) in [4.78, 5) is 20.5. The zero-order valence-corrected chi connectivity index (χ0v) is 17.1. The molecule has 2 aromatic heterocycles. The van der Waals surface area contributed by atoms with Crippen molar-refractivity contribution in [2.24, 2.45) is 0 Å². The van der Waals surface area contributed by atoms with Crippen LogP contribution in [-0.2, 0) is 12.7 Å². The van der Waals surface area contributed by atoms with E-state index in [0.29, 0.717) is 44.2 Å². The number of nitrogens with zero attached hydrogens (tertiary/aromatic N) is 5. The quantitative estimate of drug-likeness (QED) is 0.608. The number of piperazine rings is 1. The fourth-order valence-electron chi connectivity index (χ4n) is 3.46. The van der Waals surface area contributed by atoms with Crippen LogP contribution < -0.4 is 15.4 Å². The summed E-state index contributed by atoms with van der Waals surface area (Å²) in [5, 5.41) is 4.37. The Morgan fingerprint density at radius 3 is 2.23 bits per heavy atom. The molecule has 0 amide bonds. The highest BCUT2D eigenvalue weighted by Crippen LogP contribution is 2.30. The van der Waals surface area contributed by atoms with Gasteiger partial charge in [0.15, 0.2) is 0 Å². The van der Waals surface area contributed by atoms with Crippen molar-refractivity contribution in [1.29, 1.82) is 0 Å². The molecule has 31 heavy (non-hydrogen) atoms. The van der Waals surface area contributed by atoms with Gasteiger partial charge in [0, 0.05) is 32.4 Å². The van der Waals surface area contributed by atoms with E-state index in [-0.39, 0.29) is 10.6 Å². The molecule has 10 heteroatoms. The first kappa shape index (κ1) is 21.2. The molecule has 1 fully saturated rings. The van der Waals surface area contributed by atoms with Crippen molar-refractivity contribution in [3.8, 4) is 0 Å². The van der Waals surface area contributed by atoms with Crippen LogP contribution in [0.4, 0.5) is 24.7 Å². The predicted octanol–water partition coefficient (Wildman–Crippen LogP) is 3.69. The number of halogens is 4. The van der Waals surface area contributed by atoms with E-state index in [1.165, 1.54) is 10.7 Å². The molecule has 3 aromatic rings. The third kappa shape index (κ3) is 4.66. The maximum absolute atomic E-state index is 12.7. The minimum Gasteiger partial charge on any atom is -0.365 e. The molecular weight excluding hydrogens is 431 g/mol. The predicted molar refractivity (Wildman–Crippen MR) is 113 cm³/mol. The molecule has 0 saturated carbocycles. The monoisotopic (exact) mass is 449 g/mol. The number of rotatable bonds is 4. The molecule has 0 spiro atoms. The molecule has 0 radical (unpaired) electrons. The molecule has 1 aliphatic rings. The summed E-state index contributed by atoms with van der Waals surface area (Å²) in [5.74, 6) is 0.482. The smallest absolute Gasteiger partial charge is 0.365 e. The van der Waals surface area contributed by atoms with E-state index in [0.717, 1.165) is 17.8 Å². The average Bonchev–Trinajstić information content (AvgIpc) is 2.77. The minimum atomic E-state index is -4.41. The second-order valence-electron chi connectivity index (χ2n) is 7.17. The van der Waals surface area contributed by atoms with Gasteiger partial charge in [0.2, 0.25) is 0 Å². The summed E-state index contributed by atoms with van der Waals surface area (Å²) in [6.07, 6.45) is -1.98. The fraction of sp³-hybridized carbons (Fsp3) is 0.286. The Morgan fingerprint density at radius 1 is 0.935 bits per heavy atom. The zero-order chi connectivity index (χ0) is 22.0. The molecule has 0 bridgehead atoms. The molecule has 1 aromatic carbocycles. The molecule has 0 aliphatic carbocycles. The number of hydrogen-bond donors (Lipinski definition) is 0. The number of anilines is 2. The average molecular weight is 450 g/mol. The van der Waals surface area contributed by atoms with Gasteiger partial charge in [-0.05, 0) is 17.7 Å². The van der Waals surface area contributed by atoms with Crippen LogP contribution in [0.2, 0.25) is 5.02 Å². The zero-order valence-electron chi connectivity index (χ0n) is 16.4. The number of pyridine rings is 1. The maximum Gasteiger partial charge on any atom is 0.417 e. The lowest BCUT2D eigenvalue weighted by atomic mass is 10.2. The topological polar surface area (TPSA) is 54.3 Å². The lowest BCUT2D eigenvalue weighted by Crippen LogP contribution is -2.47. The standard InChI is InChI=1S/C21H19ClF3N5O/c22-19-17(13-27-30(20(19)31)14-15-4-2-1-3-5-15)28-8-10-29(11-9-28)18-7-6-16(12-26-18)21(23,24)25/h1-7,12-13H,8-11,14H2. The van der Waals surface area contributed by atoms with Crippen molar-refractivity contribution < 1.29 is 13.2 Å². The van der Waals surface area contributed by atoms with Crippen LogP contribution in [0.3, 0.4) is 0 Å². The molecule has 4 rings (SSSR count). The lowest BCUT2D eigenvalue weighted by Gasteiger charge is -2.36. The van der Waals surface area contributed by atoms with Crippen LogP contribution in [0.1, 0.15) is 11.1 Å². The van der Waals surface area contributed by atoms with E-state index in [1.54, 1.807) is 6.20 Å². The largest absolute Gasteiger partial charge is 0.417 e. The SMILES string of the molecule is O=c1c(Cl)c(N2CCN(c3ccc(C(F)(F)F)cn3)CC2)cnn1Cc1ccccc1. The van der Waals surface area contributed by atoms with Crippen molar-refractivity contribution in [2.45, 2.75) is 12.7 Å². The third-order valence-corrected chi connectivity index (χ3v) is 5.52. The number of benzene rings is 1. The van der Waals surface area contributed by atoms with Crippen LogP contribution in [0.5, 0.6) is 0 Å². The van der Waals surface area contributed by atoms with Gasteiger partial charge in [-0.3, -0.25) is 4.79 Å². The summed E-state index contributed by atoms with van der Waals surface area (Å²) in [7, 11) is 0. The molecule has 1 saturated heterocycles. The van der Waals surface area contributed by atoms with Gasteiger partial charge in [-0.1, -0.05) is 41.9 Å². The Balaban J connectivity index is 1.44. The van der Waals surface area contributed by atoms with E-state index in [9.17, 15) is 18.0 Å². The van der Waals surface area contributed by atoms with Crippen LogP contribution >= 0.6 is 11.6 Å². The van der Waals surface area contributed by atoms with Crippen LogP contribution in [-0.4, -0.2) is 40.9 Å². The van der Waals surface area contributed by atoms with Crippen LogP contribution in [0, 0.1) is 0 Å².